The van der Waals surface area contributed by atoms with Crippen molar-refractivity contribution in [2.24, 2.45) is 0 Å². The molecule has 0 saturated carbocycles. The van der Waals surface area contributed by atoms with E-state index in [4.69, 9.17) is 11.6 Å². The van der Waals surface area contributed by atoms with Gasteiger partial charge in [0.25, 0.3) is 11.8 Å². The summed E-state index contributed by atoms with van der Waals surface area (Å²) in [4.78, 5) is 39.6. The van der Waals surface area contributed by atoms with Crippen molar-refractivity contribution in [3.8, 4) is 0 Å². The zero-order valence-electron chi connectivity index (χ0n) is 18.0. The summed E-state index contributed by atoms with van der Waals surface area (Å²) in [6, 6.07) is 0.145. The number of rotatable bonds is 5. The number of imidazole rings is 1. The van der Waals surface area contributed by atoms with Gasteiger partial charge in [0.15, 0.2) is 0 Å². The summed E-state index contributed by atoms with van der Waals surface area (Å²) in [7, 11) is 1.91. The van der Waals surface area contributed by atoms with Gasteiger partial charge in [-0.3, -0.25) is 9.59 Å². The number of anilines is 2. The van der Waals surface area contributed by atoms with Crippen LogP contribution in [0.2, 0.25) is 5.02 Å². The first-order valence-corrected chi connectivity index (χ1v) is 11.3. The topological polar surface area (TPSA) is 105 Å². The van der Waals surface area contributed by atoms with Gasteiger partial charge in [-0.25, -0.2) is 15.0 Å². The molecule has 1 aliphatic rings. The van der Waals surface area contributed by atoms with E-state index in [9.17, 15) is 22.8 Å². The number of fused-ring (bicyclic) bond motifs is 1. The van der Waals surface area contributed by atoms with Crippen LogP contribution in [0.5, 0.6) is 0 Å². The molecule has 0 saturated heterocycles. The standard InChI is InChI=1S/C20H19ClF3N7O2S/c1-10(28-16(32)13-8-27-19-30(2)4-3-5-31(13)19)18-26-9-14(34-18)17(33)29-15-6-11(20(22,23)24)12(21)7-25-15/h6-10H,3-5H2,1-2H3,(H,28,32)(H,25,29,33). The van der Waals surface area contributed by atoms with Crippen LogP contribution in [-0.4, -0.2) is 44.9 Å². The molecule has 1 atom stereocenters. The molecule has 0 spiro atoms. The predicted octanol–water partition coefficient (Wildman–Crippen LogP) is 3.99. The van der Waals surface area contributed by atoms with E-state index in [0.717, 1.165) is 36.4 Å². The van der Waals surface area contributed by atoms with E-state index in [-0.39, 0.29) is 16.6 Å². The minimum atomic E-state index is -4.69. The first-order valence-electron chi connectivity index (χ1n) is 10.1. The summed E-state index contributed by atoms with van der Waals surface area (Å²) in [5.41, 5.74) is -0.675. The van der Waals surface area contributed by atoms with Gasteiger partial charge in [0.05, 0.1) is 29.0 Å². The molecular weight excluding hydrogens is 495 g/mol. The van der Waals surface area contributed by atoms with Gasteiger partial charge >= 0.3 is 6.18 Å². The van der Waals surface area contributed by atoms with Crippen molar-refractivity contribution in [1.82, 2.24) is 24.8 Å². The predicted molar refractivity (Wildman–Crippen MR) is 120 cm³/mol. The van der Waals surface area contributed by atoms with Crippen LogP contribution in [0, 0.1) is 0 Å². The van der Waals surface area contributed by atoms with E-state index in [2.05, 4.69) is 25.6 Å². The fourth-order valence-corrected chi connectivity index (χ4v) is 4.49. The highest BCUT2D eigenvalue weighted by Gasteiger charge is 2.34. The van der Waals surface area contributed by atoms with E-state index in [1.54, 1.807) is 6.92 Å². The number of aromatic nitrogens is 4. The monoisotopic (exact) mass is 513 g/mol. The lowest BCUT2D eigenvalue weighted by Crippen LogP contribution is -2.33. The van der Waals surface area contributed by atoms with Gasteiger partial charge in [-0.05, 0) is 19.4 Å². The molecule has 180 valence electrons. The van der Waals surface area contributed by atoms with Crippen molar-refractivity contribution >= 4 is 46.5 Å². The number of carbonyl (C=O) groups is 2. The number of halogens is 4. The highest BCUT2D eigenvalue weighted by atomic mass is 35.5. The van der Waals surface area contributed by atoms with Crippen LogP contribution >= 0.6 is 22.9 Å². The van der Waals surface area contributed by atoms with Crippen molar-refractivity contribution in [2.45, 2.75) is 32.1 Å². The van der Waals surface area contributed by atoms with E-state index < -0.39 is 28.7 Å². The molecular formula is C20H19ClF3N7O2S. The van der Waals surface area contributed by atoms with Gasteiger partial charge in [0, 0.05) is 26.3 Å². The van der Waals surface area contributed by atoms with Crippen LogP contribution < -0.4 is 15.5 Å². The maximum atomic E-state index is 13.0. The number of thiazole rings is 1. The molecule has 2 N–H and O–H groups in total. The summed E-state index contributed by atoms with van der Waals surface area (Å²) >= 11 is 6.56. The molecule has 4 heterocycles. The van der Waals surface area contributed by atoms with Crippen LogP contribution in [0.1, 0.15) is 50.1 Å². The lowest BCUT2D eigenvalue weighted by molar-refractivity contribution is -0.137. The van der Waals surface area contributed by atoms with Gasteiger partial charge in [0.1, 0.15) is 21.4 Å². The zero-order chi connectivity index (χ0) is 24.6. The molecule has 3 aromatic rings. The number of carbonyl (C=O) groups excluding carboxylic acids is 2. The Morgan fingerprint density at radius 1 is 1.15 bits per heavy atom. The lowest BCUT2D eigenvalue weighted by atomic mass is 10.2. The van der Waals surface area contributed by atoms with E-state index in [1.165, 1.54) is 12.4 Å². The summed E-state index contributed by atoms with van der Waals surface area (Å²) in [6.07, 6.45) is -0.159. The van der Waals surface area contributed by atoms with Crippen LogP contribution in [0.25, 0.3) is 0 Å². The number of nitrogens with one attached hydrogen (secondary N) is 2. The summed E-state index contributed by atoms with van der Waals surface area (Å²) in [5.74, 6) is -0.582. The summed E-state index contributed by atoms with van der Waals surface area (Å²) < 4.78 is 40.9. The lowest BCUT2D eigenvalue weighted by Gasteiger charge is -2.25. The minimum Gasteiger partial charge on any atom is -0.345 e. The smallest absolute Gasteiger partial charge is 0.345 e. The molecule has 1 unspecified atom stereocenters. The molecule has 4 rings (SSSR count). The third-order valence-electron chi connectivity index (χ3n) is 5.15. The van der Waals surface area contributed by atoms with Crippen LogP contribution in [0.15, 0.2) is 24.7 Å². The SMILES string of the molecule is CC(NC(=O)c1cnc2n1CCCN2C)c1ncc(C(=O)Nc2cc(C(F)(F)F)c(Cl)cn2)s1. The molecule has 0 fully saturated rings. The number of pyridine rings is 1. The largest absolute Gasteiger partial charge is 0.418 e. The van der Waals surface area contributed by atoms with Crippen molar-refractivity contribution < 1.29 is 22.8 Å². The maximum Gasteiger partial charge on any atom is 0.418 e. The van der Waals surface area contributed by atoms with Crippen LogP contribution in [-0.2, 0) is 12.7 Å². The minimum absolute atomic E-state index is 0.143. The Hall–Kier alpha value is -3.19. The number of hydrogen-bond donors (Lipinski definition) is 2. The van der Waals surface area contributed by atoms with E-state index in [1.807, 2.05) is 16.5 Å². The molecule has 34 heavy (non-hydrogen) atoms. The average Bonchev–Trinajstić information content (AvgIpc) is 3.42. The molecule has 0 aliphatic carbocycles. The molecule has 14 heteroatoms. The van der Waals surface area contributed by atoms with Crippen LogP contribution in [0.4, 0.5) is 24.9 Å². The second-order valence-corrected chi connectivity index (χ2v) is 9.10. The first kappa shape index (κ1) is 24.0. The number of hydrogen-bond acceptors (Lipinski definition) is 7. The number of nitrogens with zero attached hydrogens (tertiary/aromatic N) is 5. The fourth-order valence-electron chi connectivity index (χ4n) is 3.47. The van der Waals surface area contributed by atoms with E-state index >= 15 is 0 Å². The number of amides is 2. The molecule has 3 aromatic heterocycles. The molecule has 0 radical (unpaired) electrons. The first-order chi connectivity index (χ1) is 16.0. The Balaban J connectivity index is 1.43. The number of alkyl halides is 3. The zero-order valence-corrected chi connectivity index (χ0v) is 19.6. The summed E-state index contributed by atoms with van der Waals surface area (Å²) in [5, 5.41) is 5.04. The molecule has 2 amide bonds. The highest BCUT2D eigenvalue weighted by Crippen LogP contribution is 2.35. The third kappa shape index (κ3) is 4.85. The van der Waals surface area contributed by atoms with Crippen molar-refractivity contribution in [1.29, 1.82) is 0 Å². The average molecular weight is 514 g/mol. The van der Waals surface area contributed by atoms with Crippen LogP contribution in [0.3, 0.4) is 0 Å². The maximum absolute atomic E-state index is 13.0. The normalized spacial score (nSPS) is 14.5. The molecule has 0 aromatic carbocycles. The van der Waals surface area contributed by atoms with Gasteiger partial charge in [-0.1, -0.05) is 11.6 Å². The molecule has 9 nitrogen and oxygen atoms in total. The van der Waals surface area contributed by atoms with Gasteiger partial charge in [-0.2, -0.15) is 13.2 Å². The van der Waals surface area contributed by atoms with Gasteiger partial charge < -0.3 is 20.1 Å². The quantitative estimate of drug-likeness (QED) is 0.534. The fraction of sp³-hybridized carbons (Fsp3) is 0.350. The second-order valence-electron chi connectivity index (χ2n) is 7.63. The Morgan fingerprint density at radius 2 is 1.91 bits per heavy atom. The van der Waals surface area contributed by atoms with Gasteiger partial charge in [-0.15, -0.1) is 11.3 Å². The third-order valence-corrected chi connectivity index (χ3v) is 6.63. The molecule has 0 bridgehead atoms. The van der Waals surface area contributed by atoms with Crippen molar-refractivity contribution in [2.75, 3.05) is 23.8 Å². The molecule has 1 aliphatic heterocycles. The Bertz CT molecular complexity index is 1240. The Morgan fingerprint density at radius 3 is 2.65 bits per heavy atom. The highest BCUT2D eigenvalue weighted by molar-refractivity contribution is 7.13. The summed E-state index contributed by atoms with van der Waals surface area (Å²) in [6.45, 7) is 3.27. The Kier molecular flexibility index (Phi) is 6.49. The van der Waals surface area contributed by atoms with Gasteiger partial charge in [0.2, 0.25) is 5.95 Å². The van der Waals surface area contributed by atoms with Crippen molar-refractivity contribution in [3.05, 3.63) is 50.8 Å². The Labute approximate surface area is 201 Å². The second kappa shape index (κ2) is 9.22. The van der Waals surface area contributed by atoms with E-state index in [0.29, 0.717) is 23.3 Å². The van der Waals surface area contributed by atoms with Crippen molar-refractivity contribution in [3.63, 3.8) is 0 Å².